The average Bonchev–Trinajstić information content (AvgIpc) is 2.84. The summed E-state index contributed by atoms with van der Waals surface area (Å²) in [4.78, 5) is 17.0. The van der Waals surface area contributed by atoms with Crippen LogP contribution in [0, 0.1) is 0 Å². The van der Waals surface area contributed by atoms with Gasteiger partial charge in [-0.2, -0.15) is 0 Å². The van der Waals surface area contributed by atoms with Gasteiger partial charge in [0.2, 0.25) is 0 Å². The Morgan fingerprint density at radius 3 is 2.95 bits per heavy atom. The summed E-state index contributed by atoms with van der Waals surface area (Å²) in [7, 11) is 1.37. The number of hydrogen-bond donors (Lipinski definition) is 1. The number of halogens is 1. The minimum atomic E-state index is -0.358. The molecular formula is C13H13BrN2O2S. The van der Waals surface area contributed by atoms with E-state index in [4.69, 9.17) is 4.74 Å². The predicted octanol–water partition coefficient (Wildman–Crippen LogP) is 2.98. The molecule has 0 atom stereocenters. The van der Waals surface area contributed by atoms with Gasteiger partial charge in [-0.15, -0.1) is 11.3 Å². The highest BCUT2D eigenvalue weighted by atomic mass is 79.9. The summed E-state index contributed by atoms with van der Waals surface area (Å²) in [5, 5.41) is 3.27. The second kappa shape index (κ2) is 6.79. The minimum absolute atomic E-state index is 0.358. The lowest BCUT2D eigenvalue weighted by molar-refractivity contribution is 0.0598. The molecule has 0 aliphatic rings. The molecule has 0 aliphatic heterocycles. The van der Waals surface area contributed by atoms with E-state index in [1.165, 1.54) is 12.0 Å². The number of carbonyl (C=O) groups excluding carboxylic acids is 1. The molecule has 100 valence electrons. The molecule has 1 N–H and O–H groups in total. The zero-order valence-electron chi connectivity index (χ0n) is 10.4. The maximum atomic E-state index is 11.6. The highest BCUT2D eigenvalue weighted by Gasteiger charge is 2.11. The fourth-order valence-corrected chi connectivity index (χ4v) is 3.08. The van der Waals surface area contributed by atoms with Crippen molar-refractivity contribution in [2.24, 2.45) is 0 Å². The van der Waals surface area contributed by atoms with Crippen molar-refractivity contribution in [3.8, 4) is 0 Å². The Morgan fingerprint density at radius 2 is 2.26 bits per heavy atom. The molecule has 19 heavy (non-hydrogen) atoms. The third kappa shape index (κ3) is 3.86. The van der Waals surface area contributed by atoms with Gasteiger partial charge in [-0.05, 0) is 40.2 Å². The lowest BCUT2D eigenvalue weighted by Gasteiger charge is -2.07. The molecule has 2 aromatic heterocycles. The molecule has 0 radical (unpaired) electrons. The van der Waals surface area contributed by atoms with Crippen LogP contribution in [0.2, 0.25) is 0 Å². The van der Waals surface area contributed by atoms with E-state index in [-0.39, 0.29) is 5.97 Å². The van der Waals surface area contributed by atoms with Crippen LogP contribution in [0.4, 0.5) is 0 Å². The molecule has 2 aromatic rings. The number of nitrogens with zero attached hydrogens (tertiary/aromatic N) is 1. The van der Waals surface area contributed by atoms with Crippen LogP contribution in [0.25, 0.3) is 0 Å². The van der Waals surface area contributed by atoms with Crippen molar-refractivity contribution in [2.45, 2.75) is 13.1 Å². The van der Waals surface area contributed by atoms with Gasteiger partial charge >= 0.3 is 5.97 Å². The SMILES string of the molecule is COC(=O)c1cccnc1CNCc1ccc(Br)s1. The van der Waals surface area contributed by atoms with Gasteiger partial charge in [0.05, 0.1) is 22.2 Å². The van der Waals surface area contributed by atoms with E-state index in [0.29, 0.717) is 17.8 Å². The van der Waals surface area contributed by atoms with E-state index in [9.17, 15) is 4.79 Å². The number of hydrogen-bond acceptors (Lipinski definition) is 5. The van der Waals surface area contributed by atoms with Crippen molar-refractivity contribution in [3.05, 3.63) is 50.4 Å². The number of pyridine rings is 1. The number of ether oxygens (including phenoxy) is 1. The smallest absolute Gasteiger partial charge is 0.339 e. The number of carbonyl (C=O) groups is 1. The monoisotopic (exact) mass is 340 g/mol. The van der Waals surface area contributed by atoms with Crippen LogP contribution < -0.4 is 5.32 Å². The van der Waals surface area contributed by atoms with Gasteiger partial charge in [-0.25, -0.2) is 4.79 Å². The Bertz CT molecular complexity index is 571. The lowest BCUT2D eigenvalue weighted by Crippen LogP contribution is -2.16. The van der Waals surface area contributed by atoms with Crippen LogP contribution in [-0.4, -0.2) is 18.1 Å². The van der Waals surface area contributed by atoms with Crippen molar-refractivity contribution < 1.29 is 9.53 Å². The van der Waals surface area contributed by atoms with Crippen LogP contribution in [0.3, 0.4) is 0 Å². The maximum absolute atomic E-state index is 11.6. The quantitative estimate of drug-likeness (QED) is 0.850. The minimum Gasteiger partial charge on any atom is -0.465 e. The second-order valence-corrected chi connectivity index (χ2v) is 6.35. The number of esters is 1. The average molecular weight is 341 g/mol. The molecule has 0 fully saturated rings. The van der Waals surface area contributed by atoms with Gasteiger partial charge in [-0.3, -0.25) is 4.98 Å². The van der Waals surface area contributed by atoms with E-state index in [0.717, 1.165) is 10.3 Å². The molecule has 2 rings (SSSR count). The normalized spacial score (nSPS) is 10.4. The van der Waals surface area contributed by atoms with Gasteiger partial charge in [0.15, 0.2) is 0 Å². The zero-order chi connectivity index (χ0) is 13.7. The van der Waals surface area contributed by atoms with Crippen LogP contribution in [0.5, 0.6) is 0 Å². The van der Waals surface area contributed by atoms with Gasteiger partial charge in [0.1, 0.15) is 0 Å². The van der Waals surface area contributed by atoms with Crippen LogP contribution >= 0.6 is 27.3 Å². The van der Waals surface area contributed by atoms with Gasteiger partial charge < -0.3 is 10.1 Å². The lowest BCUT2D eigenvalue weighted by atomic mass is 10.2. The van der Waals surface area contributed by atoms with Crippen molar-refractivity contribution in [2.75, 3.05) is 7.11 Å². The molecule has 0 spiro atoms. The fourth-order valence-electron chi connectivity index (χ4n) is 1.63. The molecule has 0 saturated carbocycles. The van der Waals surface area contributed by atoms with E-state index in [2.05, 4.69) is 32.3 Å². The Labute approximate surface area is 124 Å². The summed E-state index contributed by atoms with van der Waals surface area (Å²) >= 11 is 5.11. The first kappa shape index (κ1) is 14.2. The summed E-state index contributed by atoms with van der Waals surface area (Å²) in [5.74, 6) is -0.358. The van der Waals surface area contributed by atoms with Gasteiger partial charge in [-0.1, -0.05) is 0 Å². The van der Waals surface area contributed by atoms with Crippen molar-refractivity contribution >= 4 is 33.2 Å². The van der Waals surface area contributed by atoms with E-state index in [1.54, 1.807) is 29.7 Å². The molecule has 0 amide bonds. The number of rotatable bonds is 5. The maximum Gasteiger partial charge on any atom is 0.339 e. The number of thiophene rings is 1. The number of aromatic nitrogens is 1. The number of methoxy groups -OCH3 is 1. The highest BCUT2D eigenvalue weighted by Crippen LogP contribution is 2.21. The molecule has 0 aromatic carbocycles. The molecule has 0 aliphatic carbocycles. The van der Waals surface area contributed by atoms with Gasteiger partial charge in [0, 0.05) is 24.2 Å². The Balaban J connectivity index is 1.97. The highest BCUT2D eigenvalue weighted by molar-refractivity contribution is 9.11. The summed E-state index contributed by atoms with van der Waals surface area (Å²) in [5.41, 5.74) is 1.20. The van der Waals surface area contributed by atoms with Crippen molar-refractivity contribution in [3.63, 3.8) is 0 Å². The summed E-state index contributed by atoms with van der Waals surface area (Å²) < 4.78 is 5.84. The predicted molar refractivity (Wildman–Crippen MR) is 78.1 cm³/mol. The van der Waals surface area contributed by atoms with E-state index < -0.39 is 0 Å². The third-order valence-electron chi connectivity index (χ3n) is 2.52. The molecule has 0 bridgehead atoms. The Morgan fingerprint density at radius 1 is 1.42 bits per heavy atom. The molecular weight excluding hydrogens is 328 g/mol. The Kier molecular flexibility index (Phi) is 5.07. The summed E-state index contributed by atoms with van der Waals surface area (Å²) in [6.07, 6.45) is 1.67. The first-order valence-corrected chi connectivity index (χ1v) is 7.29. The standard InChI is InChI=1S/C13H13BrN2O2S/c1-18-13(17)10-3-2-6-16-11(10)8-15-7-9-4-5-12(14)19-9/h2-6,15H,7-8H2,1H3. The van der Waals surface area contributed by atoms with E-state index >= 15 is 0 Å². The van der Waals surface area contributed by atoms with Crippen LogP contribution in [-0.2, 0) is 17.8 Å². The van der Waals surface area contributed by atoms with Crippen LogP contribution in [0.1, 0.15) is 20.9 Å². The molecule has 0 unspecified atom stereocenters. The molecule has 6 heteroatoms. The summed E-state index contributed by atoms with van der Waals surface area (Å²) in [6.45, 7) is 1.27. The van der Waals surface area contributed by atoms with Crippen LogP contribution in [0.15, 0.2) is 34.2 Å². The Hall–Kier alpha value is -1.24. The second-order valence-electron chi connectivity index (χ2n) is 3.80. The van der Waals surface area contributed by atoms with Crippen molar-refractivity contribution in [1.82, 2.24) is 10.3 Å². The first-order chi connectivity index (χ1) is 9.20. The molecule has 4 nitrogen and oxygen atoms in total. The fraction of sp³-hybridized carbons (Fsp3) is 0.231. The van der Waals surface area contributed by atoms with E-state index in [1.807, 2.05) is 6.07 Å². The number of nitrogens with one attached hydrogen (secondary N) is 1. The first-order valence-electron chi connectivity index (χ1n) is 5.68. The zero-order valence-corrected chi connectivity index (χ0v) is 12.8. The summed E-state index contributed by atoms with van der Waals surface area (Å²) in [6, 6.07) is 7.52. The molecule has 2 heterocycles. The van der Waals surface area contributed by atoms with Gasteiger partial charge in [0.25, 0.3) is 0 Å². The largest absolute Gasteiger partial charge is 0.465 e. The topological polar surface area (TPSA) is 51.2 Å². The van der Waals surface area contributed by atoms with Crippen molar-refractivity contribution in [1.29, 1.82) is 0 Å². The third-order valence-corrected chi connectivity index (χ3v) is 4.14. The molecule has 0 saturated heterocycles.